The average molecular weight is 476 g/mol. The Bertz CT molecular complexity index is 700. The quantitative estimate of drug-likeness (QED) is 0.267. The lowest BCUT2D eigenvalue weighted by molar-refractivity contribution is -0.224. The molecule has 168 valence electrons. The first kappa shape index (κ1) is 24.7. The molecule has 2 aliphatic rings. The largest absolute Gasteiger partial charge is 0.469 e. The molecule has 0 bridgehead atoms. The van der Waals surface area contributed by atoms with Crippen molar-refractivity contribution in [3.05, 3.63) is 0 Å². The Morgan fingerprint density at radius 3 is 2.62 bits per heavy atom. The fraction of sp³-hybridized carbons (Fsp3) is 0.867. The highest BCUT2D eigenvalue weighted by atomic mass is 32.3. The summed E-state index contributed by atoms with van der Waals surface area (Å²) in [6, 6.07) is 0. The van der Waals surface area contributed by atoms with Gasteiger partial charge in [-0.05, 0) is 13.8 Å². The lowest BCUT2D eigenvalue weighted by atomic mass is 10.1. The molecule has 0 amide bonds. The number of carbonyl (C=O) groups excluding carboxylic acids is 1. The Kier molecular flexibility index (Phi) is 8.64. The molecule has 5 atom stereocenters. The Morgan fingerprint density at radius 1 is 1.34 bits per heavy atom. The lowest BCUT2D eigenvalue weighted by Crippen LogP contribution is -2.45. The molecule has 2 N–H and O–H groups in total. The number of hydrogen-bond donors (Lipinski definition) is 2. The third kappa shape index (κ3) is 7.25. The second-order valence-corrected chi connectivity index (χ2v) is 9.43. The minimum absolute atomic E-state index is 0.0111. The molecule has 0 spiro atoms. The van der Waals surface area contributed by atoms with Crippen LogP contribution < -0.4 is 5.32 Å². The monoisotopic (exact) mass is 475 g/mol. The number of thioether (sulfide) groups is 1. The molecular weight excluding hydrogens is 450 g/mol. The van der Waals surface area contributed by atoms with Crippen molar-refractivity contribution in [2.45, 2.75) is 56.8 Å². The third-order valence-electron chi connectivity index (χ3n) is 4.12. The summed E-state index contributed by atoms with van der Waals surface area (Å²) in [7, 11) is -2.07. The number of carbonyl (C=O) groups is 1. The van der Waals surface area contributed by atoms with E-state index in [2.05, 4.69) is 10.1 Å². The summed E-state index contributed by atoms with van der Waals surface area (Å²) in [5, 5.41) is 2.84. The van der Waals surface area contributed by atoms with Gasteiger partial charge in [-0.25, -0.2) is 4.18 Å². The summed E-state index contributed by atoms with van der Waals surface area (Å²) in [6.45, 7) is 3.69. The maximum absolute atomic E-state index is 11.3. The molecule has 0 aromatic carbocycles. The van der Waals surface area contributed by atoms with E-state index in [1.54, 1.807) is 13.8 Å². The van der Waals surface area contributed by atoms with Crippen molar-refractivity contribution >= 4 is 44.7 Å². The number of nitrogens with one attached hydrogen (secondary N) is 1. The van der Waals surface area contributed by atoms with Crippen LogP contribution in [-0.2, 0) is 43.1 Å². The van der Waals surface area contributed by atoms with Crippen LogP contribution in [-0.4, -0.2) is 86.3 Å². The fourth-order valence-electron chi connectivity index (χ4n) is 2.98. The Hall–Kier alpha value is -0.580. The summed E-state index contributed by atoms with van der Waals surface area (Å²) in [4.78, 5) is 11.1. The second-order valence-electron chi connectivity index (χ2n) is 6.68. The van der Waals surface area contributed by atoms with Crippen LogP contribution in [0.5, 0.6) is 0 Å². The maximum Gasteiger partial charge on any atom is 0.397 e. The molecule has 1 unspecified atom stereocenters. The zero-order valence-corrected chi connectivity index (χ0v) is 18.8. The number of ether oxygens (including phenoxy) is 5. The van der Waals surface area contributed by atoms with Gasteiger partial charge in [0.2, 0.25) is 0 Å². The molecule has 2 fully saturated rings. The Labute approximate surface area is 179 Å². The lowest BCUT2D eigenvalue weighted by Gasteiger charge is -2.29. The number of hydrogen-bond acceptors (Lipinski definition) is 11. The summed E-state index contributed by atoms with van der Waals surface area (Å²) < 4.78 is 64.1. The van der Waals surface area contributed by atoms with E-state index in [0.717, 1.165) is 11.8 Å². The first-order valence-electron chi connectivity index (χ1n) is 8.63. The molecule has 14 heteroatoms. The molecule has 11 nitrogen and oxygen atoms in total. The molecule has 2 heterocycles. The molecule has 0 saturated carbocycles. The Morgan fingerprint density at radius 2 is 2.03 bits per heavy atom. The van der Waals surface area contributed by atoms with Crippen molar-refractivity contribution in [2.24, 2.45) is 0 Å². The van der Waals surface area contributed by atoms with Gasteiger partial charge < -0.3 is 29.0 Å². The predicted molar refractivity (Wildman–Crippen MR) is 106 cm³/mol. The minimum atomic E-state index is -4.77. The van der Waals surface area contributed by atoms with Crippen LogP contribution in [0, 0.1) is 0 Å². The van der Waals surface area contributed by atoms with Gasteiger partial charge in [-0.2, -0.15) is 8.42 Å². The number of fused-ring (bicyclic) bond motifs is 1. The van der Waals surface area contributed by atoms with Gasteiger partial charge in [0.1, 0.15) is 28.7 Å². The topological polar surface area (TPSA) is 139 Å². The first-order valence-corrected chi connectivity index (χ1v) is 11.4. The highest BCUT2D eigenvalue weighted by Crippen LogP contribution is 2.40. The van der Waals surface area contributed by atoms with E-state index in [9.17, 15) is 17.8 Å². The molecule has 2 saturated heterocycles. The van der Waals surface area contributed by atoms with Crippen molar-refractivity contribution in [3.63, 3.8) is 0 Å². The zero-order valence-electron chi connectivity index (χ0n) is 16.4. The molecule has 2 rings (SSSR count). The highest BCUT2D eigenvalue weighted by molar-refractivity contribution is 8.23. The number of methoxy groups -OCH3 is 2. The van der Waals surface area contributed by atoms with Crippen molar-refractivity contribution in [3.8, 4) is 0 Å². The molecule has 2 aliphatic heterocycles. The molecule has 0 radical (unpaired) electrons. The number of rotatable bonds is 9. The predicted octanol–water partition coefficient (Wildman–Crippen LogP) is 0.237. The summed E-state index contributed by atoms with van der Waals surface area (Å²) in [5.41, 5.74) is 0. The van der Waals surface area contributed by atoms with Crippen LogP contribution in [0.25, 0.3) is 0 Å². The van der Waals surface area contributed by atoms with Crippen molar-refractivity contribution < 1.29 is 45.6 Å². The van der Waals surface area contributed by atoms with E-state index in [-0.39, 0.29) is 18.7 Å². The Balaban J connectivity index is 1.99. The van der Waals surface area contributed by atoms with Gasteiger partial charge in [-0.1, -0.05) is 24.0 Å². The van der Waals surface area contributed by atoms with Crippen molar-refractivity contribution in [2.75, 3.05) is 26.5 Å². The van der Waals surface area contributed by atoms with E-state index in [1.807, 2.05) is 0 Å². The summed E-state index contributed by atoms with van der Waals surface area (Å²) >= 11 is 6.22. The summed E-state index contributed by atoms with van der Waals surface area (Å²) in [6.07, 6.45) is -3.99. The van der Waals surface area contributed by atoms with E-state index in [1.165, 1.54) is 14.2 Å². The van der Waals surface area contributed by atoms with Gasteiger partial charge in [0.05, 0.1) is 13.5 Å². The SMILES string of the molecule is COC(=O)CCNC(=S)SCC(OS(=O)(=O)O)[C@H]1O[C@@H]2OC(C)(C)O[C@@H]2[C@H]1OC. The van der Waals surface area contributed by atoms with Crippen molar-refractivity contribution in [1.29, 1.82) is 0 Å². The fourth-order valence-corrected chi connectivity index (χ4v) is 4.64. The molecule has 29 heavy (non-hydrogen) atoms. The van der Waals surface area contributed by atoms with Gasteiger partial charge in [0.15, 0.2) is 12.1 Å². The molecule has 0 aliphatic carbocycles. The third-order valence-corrected chi connectivity index (χ3v) is 6.01. The van der Waals surface area contributed by atoms with Crippen LogP contribution in [0.2, 0.25) is 0 Å². The first-order chi connectivity index (χ1) is 13.5. The zero-order chi connectivity index (χ0) is 21.8. The van der Waals surface area contributed by atoms with Gasteiger partial charge in [0.25, 0.3) is 0 Å². The van der Waals surface area contributed by atoms with Gasteiger partial charge >= 0.3 is 16.4 Å². The maximum atomic E-state index is 11.3. The van der Waals surface area contributed by atoms with E-state index >= 15 is 0 Å². The number of thiocarbonyl (C=S) groups is 1. The molecular formula is C15H25NO10S3. The average Bonchev–Trinajstić information content (AvgIpc) is 3.08. The van der Waals surface area contributed by atoms with E-state index < -0.39 is 52.9 Å². The van der Waals surface area contributed by atoms with Gasteiger partial charge in [-0.15, -0.1) is 0 Å². The van der Waals surface area contributed by atoms with Crippen LogP contribution in [0.1, 0.15) is 20.3 Å². The van der Waals surface area contributed by atoms with Crippen LogP contribution in [0.4, 0.5) is 0 Å². The molecule has 0 aromatic heterocycles. The smallest absolute Gasteiger partial charge is 0.397 e. The van der Waals surface area contributed by atoms with Crippen LogP contribution in [0.3, 0.4) is 0 Å². The van der Waals surface area contributed by atoms with Gasteiger partial charge in [-0.3, -0.25) is 9.35 Å². The molecule has 0 aromatic rings. The summed E-state index contributed by atoms with van der Waals surface area (Å²) in [5.74, 6) is -1.26. The van der Waals surface area contributed by atoms with Crippen LogP contribution in [0.15, 0.2) is 0 Å². The van der Waals surface area contributed by atoms with Gasteiger partial charge in [0, 0.05) is 19.4 Å². The van der Waals surface area contributed by atoms with E-state index in [0.29, 0.717) is 4.32 Å². The normalized spacial score (nSPS) is 29.3. The second kappa shape index (κ2) is 10.2. The van der Waals surface area contributed by atoms with Crippen molar-refractivity contribution in [1.82, 2.24) is 5.32 Å². The van der Waals surface area contributed by atoms with Crippen LogP contribution >= 0.6 is 24.0 Å². The van der Waals surface area contributed by atoms with E-state index in [4.69, 9.17) is 35.3 Å². The minimum Gasteiger partial charge on any atom is -0.469 e. The number of esters is 1. The highest BCUT2D eigenvalue weighted by Gasteiger charge is 2.57. The standard InChI is InChI=1S/C15H25NO10S3/c1-15(2)24-12-11(22-4)10(23-13(12)25-15)8(26-29(18,19)20)7-28-14(27)16-6-5-9(17)21-3/h8,10-13H,5-7H2,1-4H3,(H,16,27)(H,18,19,20)/t8?,10-,11+,12-,13-/m1/s1.